The molecule has 0 N–H and O–H groups in total. The van der Waals surface area contributed by atoms with Gasteiger partial charge in [0.05, 0.1) is 0 Å². The van der Waals surface area contributed by atoms with Gasteiger partial charge in [0.25, 0.3) is 0 Å². The average molecular weight is 945 g/mol. The number of pyridine rings is 2. The van der Waals surface area contributed by atoms with Gasteiger partial charge in [0.15, 0.2) is 0 Å². The summed E-state index contributed by atoms with van der Waals surface area (Å²) in [6, 6.07) is 63.7. The van der Waals surface area contributed by atoms with Crippen LogP contribution in [0.5, 0.6) is 23.0 Å². The van der Waals surface area contributed by atoms with E-state index in [1.165, 1.54) is 0 Å². The average Bonchev–Trinajstić information content (AvgIpc) is 3.60. The molecule has 10 aromatic rings. The van der Waals surface area contributed by atoms with Crippen molar-refractivity contribution < 1.29 is 50.3 Å². The third-order valence-electron chi connectivity index (χ3n) is 9.51. The zero-order valence-electron chi connectivity index (χ0n) is 30.9. The van der Waals surface area contributed by atoms with Gasteiger partial charge in [-0.1, -0.05) is 131 Å². The smallest absolute Gasteiger partial charge is 0.503 e. The molecule has 0 bridgehead atoms. The summed E-state index contributed by atoms with van der Waals surface area (Å²) in [5.41, 5.74) is 8.76. The van der Waals surface area contributed by atoms with Gasteiger partial charge >= 0.3 is 40.8 Å². The van der Waals surface area contributed by atoms with E-state index < -0.39 is 0 Å². The SMILES string of the molecule is [Pd+2].[Pd+2].[c-]1c(Oc2[c-]c3c(cc2)c2ccc(Oc4[c-]c(-c5ccccn5)cc(-c5ccccc5)c4)[c-]c2n3-c2ncccn2)cc(-c2ccccc2)cc1-c1ccccn1. The van der Waals surface area contributed by atoms with Gasteiger partial charge in [-0.05, 0) is 40.7 Å². The second-order valence-electron chi connectivity index (χ2n) is 13.2. The Balaban J connectivity index is 0.00000242. The van der Waals surface area contributed by atoms with E-state index in [9.17, 15) is 0 Å². The number of benzene rings is 6. The molecule has 4 heterocycles. The van der Waals surface area contributed by atoms with Crippen molar-refractivity contribution in [2.24, 2.45) is 0 Å². The number of hydrogen-bond donors (Lipinski definition) is 0. The Kier molecular flexibility index (Phi) is 11.6. The number of hydrogen-bond acceptors (Lipinski definition) is 6. The Bertz CT molecular complexity index is 2700. The fourth-order valence-electron chi connectivity index (χ4n) is 6.90. The molecule has 0 unspecified atom stereocenters. The molecule has 7 nitrogen and oxygen atoms in total. The summed E-state index contributed by atoms with van der Waals surface area (Å²) >= 11 is 0. The first-order chi connectivity index (χ1) is 28.2. The van der Waals surface area contributed by atoms with E-state index in [-0.39, 0.29) is 40.8 Å². The van der Waals surface area contributed by atoms with Crippen LogP contribution in [0.1, 0.15) is 0 Å². The van der Waals surface area contributed by atoms with E-state index >= 15 is 0 Å². The quantitative estimate of drug-likeness (QED) is 0.106. The van der Waals surface area contributed by atoms with Crippen LogP contribution in [-0.2, 0) is 40.8 Å². The minimum atomic E-state index is 0. The third kappa shape index (κ3) is 8.25. The van der Waals surface area contributed by atoms with Gasteiger partial charge in [-0.3, -0.25) is 0 Å². The number of rotatable bonds is 9. The monoisotopic (exact) mass is 943 g/mol. The predicted molar refractivity (Wildman–Crippen MR) is 222 cm³/mol. The normalized spacial score (nSPS) is 10.8. The van der Waals surface area contributed by atoms with Crippen molar-refractivity contribution in [3.05, 3.63) is 201 Å². The molecule has 0 saturated heterocycles. The van der Waals surface area contributed by atoms with Crippen molar-refractivity contribution in [2.45, 2.75) is 0 Å². The summed E-state index contributed by atoms with van der Waals surface area (Å²) < 4.78 is 15.0. The fraction of sp³-hybridized carbons (Fsp3) is 0. The summed E-state index contributed by atoms with van der Waals surface area (Å²) in [4.78, 5) is 18.4. The molecule has 0 saturated carbocycles. The molecule has 6 aromatic carbocycles. The van der Waals surface area contributed by atoms with Crippen LogP contribution < -0.4 is 9.47 Å². The fourth-order valence-corrected chi connectivity index (χ4v) is 6.90. The van der Waals surface area contributed by atoms with Crippen LogP contribution in [0.15, 0.2) is 176 Å². The van der Waals surface area contributed by atoms with Crippen molar-refractivity contribution >= 4 is 21.8 Å². The molecule has 0 spiro atoms. The molecule has 0 aliphatic carbocycles. The summed E-state index contributed by atoms with van der Waals surface area (Å²) in [7, 11) is 0. The van der Waals surface area contributed by atoms with Gasteiger partial charge in [-0.25, -0.2) is 9.97 Å². The molecule has 59 heavy (non-hydrogen) atoms. The minimum Gasteiger partial charge on any atom is -0.503 e. The van der Waals surface area contributed by atoms with Crippen LogP contribution >= 0.6 is 0 Å². The zero-order valence-corrected chi connectivity index (χ0v) is 34.0. The van der Waals surface area contributed by atoms with Crippen LogP contribution in [0, 0.1) is 24.3 Å². The topological polar surface area (TPSA) is 75.0 Å². The number of aromatic nitrogens is 5. The van der Waals surface area contributed by atoms with E-state index in [1.54, 1.807) is 30.9 Å². The maximum atomic E-state index is 6.56. The molecule has 9 heteroatoms. The van der Waals surface area contributed by atoms with Crippen LogP contribution in [-0.4, -0.2) is 24.5 Å². The van der Waals surface area contributed by atoms with Gasteiger partial charge in [0.1, 0.15) is 0 Å². The van der Waals surface area contributed by atoms with E-state index in [1.807, 2.05) is 114 Å². The van der Waals surface area contributed by atoms with Crippen LogP contribution in [0.4, 0.5) is 0 Å². The van der Waals surface area contributed by atoms with E-state index in [0.717, 1.165) is 66.6 Å². The van der Waals surface area contributed by atoms with Crippen LogP contribution in [0.3, 0.4) is 0 Å². The number of fused-ring (bicyclic) bond motifs is 3. The molecule has 0 atom stereocenters. The van der Waals surface area contributed by atoms with Crippen molar-refractivity contribution in [3.8, 4) is 73.7 Å². The first-order valence-electron chi connectivity index (χ1n) is 18.4. The Morgan fingerprint density at radius 2 is 0.814 bits per heavy atom. The maximum absolute atomic E-state index is 6.56. The minimum absolute atomic E-state index is 0. The summed E-state index contributed by atoms with van der Waals surface area (Å²) in [5, 5.41) is 1.86. The summed E-state index contributed by atoms with van der Waals surface area (Å²) in [5.74, 6) is 2.54. The first-order valence-corrected chi connectivity index (χ1v) is 18.4. The summed E-state index contributed by atoms with van der Waals surface area (Å²) in [6.45, 7) is 0. The van der Waals surface area contributed by atoms with Crippen LogP contribution in [0.25, 0.3) is 72.5 Å². The molecule has 10 rings (SSSR count). The molecule has 0 amide bonds. The predicted octanol–water partition coefficient (Wildman–Crippen LogP) is 11.8. The van der Waals surface area contributed by atoms with Crippen LogP contribution in [0.2, 0.25) is 0 Å². The van der Waals surface area contributed by atoms with E-state index in [4.69, 9.17) is 9.47 Å². The molecule has 0 aliphatic heterocycles. The molecular formula is C50H29N5O2Pd2. The first kappa shape index (κ1) is 39.3. The van der Waals surface area contributed by atoms with Gasteiger partial charge in [-0.15, -0.1) is 47.5 Å². The maximum Gasteiger partial charge on any atom is 2.00 e. The van der Waals surface area contributed by atoms with Crippen molar-refractivity contribution in [1.82, 2.24) is 24.5 Å². The Hall–Kier alpha value is -6.58. The van der Waals surface area contributed by atoms with Crippen molar-refractivity contribution in [3.63, 3.8) is 0 Å². The molecule has 286 valence electrons. The Morgan fingerprint density at radius 1 is 0.373 bits per heavy atom. The largest absolute Gasteiger partial charge is 2.00 e. The molecule has 0 aliphatic rings. The van der Waals surface area contributed by atoms with Crippen molar-refractivity contribution in [2.75, 3.05) is 0 Å². The Morgan fingerprint density at radius 3 is 1.25 bits per heavy atom. The molecule has 0 radical (unpaired) electrons. The summed E-state index contributed by atoms with van der Waals surface area (Å²) in [6.07, 6.45) is 6.98. The third-order valence-corrected chi connectivity index (χ3v) is 9.51. The number of nitrogens with zero attached hydrogens (tertiary/aromatic N) is 5. The second kappa shape index (κ2) is 17.5. The van der Waals surface area contributed by atoms with Gasteiger partial charge < -0.3 is 24.0 Å². The Labute approximate surface area is 368 Å². The van der Waals surface area contributed by atoms with Gasteiger partial charge in [0, 0.05) is 47.8 Å². The van der Waals surface area contributed by atoms with E-state index in [0.29, 0.717) is 28.9 Å². The van der Waals surface area contributed by atoms with Gasteiger partial charge in [-0.2, -0.15) is 22.9 Å². The standard InChI is InChI=1S/C50H29N5O2.2Pd/c1-3-12-34(13-4-1)36-26-38(46-16-7-9-22-51-46)30-42(28-36)56-40-18-20-44-45-21-19-41(33-49(45)55(48(44)32-40)50-53-24-11-25-54-50)57-43-29-37(35-14-5-2-6-15-35)27-39(31-43)47-17-8-10-23-52-47;;/h1-29H;;/q-4;2*+2. The molecule has 4 aromatic heterocycles. The van der Waals surface area contributed by atoms with E-state index in [2.05, 4.69) is 80.6 Å². The number of ether oxygens (including phenoxy) is 2. The zero-order chi connectivity index (χ0) is 38.0. The molecule has 0 fully saturated rings. The second-order valence-corrected chi connectivity index (χ2v) is 13.2. The van der Waals surface area contributed by atoms with Crippen molar-refractivity contribution in [1.29, 1.82) is 0 Å². The molecular weight excluding hydrogens is 915 g/mol. The van der Waals surface area contributed by atoms with Gasteiger partial charge in [0.2, 0.25) is 5.95 Å².